The molecule has 2 N–H and O–H groups in total. The van der Waals surface area contributed by atoms with Crippen LogP contribution < -0.4 is 15.4 Å². The number of nitrogens with one attached hydrogen (secondary N) is 2. The van der Waals surface area contributed by atoms with Crippen molar-refractivity contribution in [2.24, 2.45) is 0 Å². The molecule has 90 valence electrons. The molecule has 1 heterocycles. The van der Waals surface area contributed by atoms with Crippen molar-refractivity contribution in [2.45, 2.75) is 6.42 Å². The first-order valence-corrected chi connectivity index (χ1v) is 5.79. The molecule has 1 aliphatic heterocycles. The number of ether oxygens (including phenoxy) is 1. The van der Waals surface area contributed by atoms with Gasteiger partial charge in [-0.2, -0.15) is 12.6 Å². The van der Waals surface area contributed by atoms with Gasteiger partial charge in [-0.3, -0.25) is 9.59 Å². The van der Waals surface area contributed by atoms with Gasteiger partial charge in [0, 0.05) is 12.1 Å². The number of amides is 2. The Hall–Kier alpha value is -1.69. The van der Waals surface area contributed by atoms with Gasteiger partial charge in [0.15, 0.2) is 6.61 Å². The first kappa shape index (κ1) is 11.8. The molecular formula is C11H12N2O3S. The first-order valence-electron chi connectivity index (χ1n) is 5.16. The molecule has 2 amide bonds. The highest BCUT2D eigenvalue weighted by Gasteiger charge is 2.16. The number of fused-ring (bicyclic) bond motifs is 1. The van der Waals surface area contributed by atoms with Crippen LogP contribution in [0.4, 0.5) is 11.4 Å². The van der Waals surface area contributed by atoms with Crippen molar-refractivity contribution >= 4 is 35.8 Å². The molecule has 0 aromatic heterocycles. The number of hydrogen-bond acceptors (Lipinski definition) is 4. The summed E-state index contributed by atoms with van der Waals surface area (Å²) in [7, 11) is 0. The fourth-order valence-electron chi connectivity index (χ4n) is 1.49. The van der Waals surface area contributed by atoms with Crippen molar-refractivity contribution in [2.75, 3.05) is 23.0 Å². The van der Waals surface area contributed by atoms with E-state index in [1.54, 1.807) is 18.2 Å². The summed E-state index contributed by atoms with van der Waals surface area (Å²) in [6.07, 6.45) is 0.350. The van der Waals surface area contributed by atoms with Gasteiger partial charge in [0.1, 0.15) is 5.75 Å². The highest BCUT2D eigenvalue weighted by Crippen LogP contribution is 2.30. The number of carbonyl (C=O) groups is 2. The van der Waals surface area contributed by atoms with Crippen LogP contribution in [0.3, 0.4) is 0 Å². The second-order valence-corrected chi connectivity index (χ2v) is 4.02. The number of anilines is 2. The zero-order valence-corrected chi connectivity index (χ0v) is 9.92. The summed E-state index contributed by atoms with van der Waals surface area (Å²) in [6.45, 7) is 0.0261. The molecule has 0 aliphatic carbocycles. The number of rotatable bonds is 3. The fourth-order valence-corrected chi connectivity index (χ4v) is 1.69. The molecule has 2 rings (SSSR count). The van der Waals surface area contributed by atoms with Crippen LogP contribution in [0.1, 0.15) is 6.42 Å². The SMILES string of the molecule is O=C(CCS)Nc1ccc2c(c1)NC(=O)CO2. The molecule has 0 atom stereocenters. The van der Waals surface area contributed by atoms with Crippen LogP contribution in [0.2, 0.25) is 0 Å². The van der Waals surface area contributed by atoms with Crippen LogP contribution >= 0.6 is 12.6 Å². The minimum absolute atomic E-state index is 0.0261. The van der Waals surface area contributed by atoms with Crippen LogP contribution in [0.25, 0.3) is 0 Å². The third-order valence-electron chi connectivity index (χ3n) is 2.24. The zero-order chi connectivity index (χ0) is 12.3. The molecule has 6 heteroatoms. The Balaban J connectivity index is 2.13. The van der Waals surface area contributed by atoms with Gasteiger partial charge in [0.05, 0.1) is 5.69 Å². The predicted octanol–water partition coefficient (Wildman–Crippen LogP) is 1.28. The number of benzene rings is 1. The molecule has 0 unspecified atom stereocenters. The van der Waals surface area contributed by atoms with E-state index in [2.05, 4.69) is 23.3 Å². The molecular weight excluding hydrogens is 240 g/mol. The maximum Gasteiger partial charge on any atom is 0.262 e. The van der Waals surface area contributed by atoms with Gasteiger partial charge in [-0.15, -0.1) is 0 Å². The molecule has 0 saturated heterocycles. The number of thiol groups is 1. The third-order valence-corrected chi connectivity index (χ3v) is 2.46. The van der Waals surface area contributed by atoms with Crippen molar-refractivity contribution in [1.82, 2.24) is 0 Å². The normalized spacial score (nSPS) is 13.4. The second-order valence-electron chi connectivity index (χ2n) is 3.57. The Morgan fingerprint density at radius 2 is 2.35 bits per heavy atom. The molecule has 0 radical (unpaired) electrons. The molecule has 1 aromatic rings. The fraction of sp³-hybridized carbons (Fsp3) is 0.273. The van der Waals surface area contributed by atoms with Crippen molar-refractivity contribution in [1.29, 1.82) is 0 Å². The van der Waals surface area contributed by atoms with E-state index in [1.165, 1.54) is 0 Å². The van der Waals surface area contributed by atoms with Gasteiger partial charge in [-0.05, 0) is 24.0 Å². The number of carbonyl (C=O) groups excluding carboxylic acids is 2. The van der Waals surface area contributed by atoms with Crippen molar-refractivity contribution in [3.05, 3.63) is 18.2 Å². The van der Waals surface area contributed by atoms with E-state index in [1.807, 2.05) is 0 Å². The first-order chi connectivity index (χ1) is 8.19. The van der Waals surface area contributed by atoms with E-state index < -0.39 is 0 Å². The summed E-state index contributed by atoms with van der Waals surface area (Å²) in [4.78, 5) is 22.5. The van der Waals surface area contributed by atoms with E-state index in [4.69, 9.17) is 4.74 Å². The summed E-state index contributed by atoms with van der Waals surface area (Å²) in [5.74, 6) is 0.799. The summed E-state index contributed by atoms with van der Waals surface area (Å²) in [6, 6.07) is 5.11. The molecule has 0 saturated carbocycles. The smallest absolute Gasteiger partial charge is 0.262 e. The average molecular weight is 252 g/mol. The van der Waals surface area contributed by atoms with E-state index in [0.29, 0.717) is 29.3 Å². The Kier molecular flexibility index (Phi) is 3.53. The monoisotopic (exact) mass is 252 g/mol. The number of hydrogen-bond donors (Lipinski definition) is 3. The van der Waals surface area contributed by atoms with E-state index >= 15 is 0 Å². The topological polar surface area (TPSA) is 67.4 Å². The minimum atomic E-state index is -0.198. The van der Waals surface area contributed by atoms with Crippen molar-refractivity contribution < 1.29 is 14.3 Å². The standard InChI is InChI=1S/C11H12N2O3S/c14-10(3-4-17)12-7-1-2-9-8(5-7)13-11(15)6-16-9/h1-2,5,17H,3-4,6H2,(H,12,14)(H,13,15). The Morgan fingerprint density at radius 3 is 3.12 bits per heavy atom. The van der Waals surface area contributed by atoms with Crippen LogP contribution in [0, 0.1) is 0 Å². The largest absolute Gasteiger partial charge is 0.482 e. The van der Waals surface area contributed by atoms with E-state index in [0.717, 1.165) is 0 Å². The lowest BCUT2D eigenvalue weighted by Gasteiger charge is -2.18. The summed E-state index contributed by atoms with van der Waals surface area (Å²) in [5.41, 5.74) is 1.20. The Bertz CT molecular complexity index is 462. The molecule has 1 aromatic carbocycles. The van der Waals surface area contributed by atoms with Gasteiger partial charge in [-0.25, -0.2) is 0 Å². The van der Waals surface area contributed by atoms with Gasteiger partial charge in [0.2, 0.25) is 5.91 Å². The van der Waals surface area contributed by atoms with Gasteiger partial charge >= 0.3 is 0 Å². The Labute approximate surface area is 104 Å². The molecule has 0 fully saturated rings. The van der Waals surface area contributed by atoms with Crippen LogP contribution in [0.15, 0.2) is 18.2 Å². The molecule has 17 heavy (non-hydrogen) atoms. The summed E-state index contributed by atoms with van der Waals surface area (Å²) in [5, 5.41) is 5.39. The average Bonchev–Trinajstić information content (AvgIpc) is 2.28. The Morgan fingerprint density at radius 1 is 1.53 bits per heavy atom. The highest BCUT2D eigenvalue weighted by molar-refractivity contribution is 7.80. The van der Waals surface area contributed by atoms with Crippen molar-refractivity contribution in [3.8, 4) is 5.75 Å². The summed E-state index contributed by atoms with van der Waals surface area (Å²) < 4.78 is 5.21. The zero-order valence-electron chi connectivity index (χ0n) is 9.03. The van der Waals surface area contributed by atoms with E-state index in [-0.39, 0.29) is 18.4 Å². The van der Waals surface area contributed by atoms with Gasteiger partial charge in [-0.1, -0.05) is 0 Å². The van der Waals surface area contributed by atoms with Crippen LogP contribution in [-0.4, -0.2) is 24.2 Å². The van der Waals surface area contributed by atoms with Crippen LogP contribution in [-0.2, 0) is 9.59 Å². The van der Waals surface area contributed by atoms with Crippen LogP contribution in [0.5, 0.6) is 5.75 Å². The van der Waals surface area contributed by atoms with Crippen molar-refractivity contribution in [3.63, 3.8) is 0 Å². The van der Waals surface area contributed by atoms with Gasteiger partial charge in [0.25, 0.3) is 5.91 Å². The summed E-state index contributed by atoms with van der Waals surface area (Å²) >= 11 is 3.98. The molecule has 0 bridgehead atoms. The quantitative estimate of drug-likeness (QED) is 0.710. The second kappa shape index (κ2) is 5.09. The molecule has 0 spiro atoms. The third kappa shape index (κ3) is 2.91. The lowest BCUT2D eigenvalue weighted by atomic mass is 10.2. The maximum absolute atomic E-state index is 11.4. The predicted molar refractivity (Wildman–Crippen MR) is 67.7 cm³/mol. The molecule has 1 aliphatic rings. The maximum atomic E-state index is 11.4. The highest BCUT2D eigenvalue weighted by atomic mass is 32.1. The minimum Gasteiger partial charge on any atom is -0.482 e. The van der Waals surface area contributed by atoms with Gasteiger partial charge < -0.3 is 15.4 Å². The molecule has 5 nitrogen and oxygen atoms in total. The lowest BCUT2D eigenvalue weighted by molar-refractivity contribution is -0.118. The van der Waals surface area contributed by atoms with E-state index in [9.17, 15) is 9.59 Å². The lowest BCUT2D eigenvalue weighted by Crippen LogP contribution is -2.25.